The predicted molar refractivity (Wildman–Crippen MR) is 107 cm³/mol. The molecule has 0 atom stereocenters. The van der Waals surface area contributed by atoms with Crippen molar-refractivity contribution < 1.29 is 14.3 Å². The van der Waals surface area contributed by atoms with Crippen LogP contribution in [0.1, 0.15) is 49.4 Å². The highest BCUT2D eigenvalue weighted by Crippen LogP contribution is 2.27. The minimum absolute atomic E-state index is 0.0495. The molecule has 3 rings (SSSR count). The van der Waals surface area contributed by atoms with E-state index in [-0.39, 0.29) is 11.8 Å². The van der Waals surface area contributed by atoms with Gasteiger partial charge in [-0.2, -0.15) is 0 Å². The minimum atomic E-state index is -0.192. The second-order valence-electron chi connectivity index (χ2n) is 6.89. The third kappa shape index (κ3) is 5.58. The number of benzene rings is 2. The summed E-state index contributed by atoms with van der Waals surface area (Å²) in [6, 6.07) is 14.2. The highest BCUT2D eigenvalue weighted by molar-refractivity contribution is 6.04. The maximum absolute atomic E-state index is 12.4. The van der Waals surface area contributed by atoms with E-state index < -0.39 is 0 Å². The topological polar surface area (TPSA) is 67.4 Å². The number of nitrogens with one attached hydrogen (secondary N) is 2. The van der Waals surface area contributed by atoms with Crippen LogP contribution in [0.5, 0.6) is 5.75 Å². The average Bonchev–Trinajstić information content (AvgIpc) is 3.17. The van der Waals surface area contributed by atoms with Crippen molar-refractivity contribution in [3.8, 4) is 5.75 Å². The molecule has 1 saturated carbocycles. The number of hydrogen-bond donors (Lipinski definition) is 2. The fourth-order valence-electron chi connectivity index (χ4n) is 3.40. The van der Waals surface area contributed by atoms with E-state index in [1.807, 2.05) is 19.1 Å². The lowest BCUT2D eigenvalue weighted by Gasteiger charge is -2.10. The van der Waals surface area contributed by atoms with Crippen LogP contribution >= 0.6 is 0 Å². The van der Waals surface area contributed by atoms with Gasteiger partial charge in [-0.3, -0.25) is 9.59 Å². The van der Waals surface area contributed by atoms with E-state index in [1.165, 1.54) is 12.8 Å². The van der Waals surface area contributed by atoms with E-state index in [4.69, 9.17) is 4.74 Å². The molecule has 2 aromatic carbocycles. The number of hydrogen-bond acceptors (Lipinski definition) is 3. The number of amides is 2. The lowest BCUT2D eigenvalue weighted by molar-refractivity contribution is -0.117. The summed E-state index contributed by atoms with van der Waals surface area (Å²) in [7, 11) is 0. The van der Waals surface area contributed by atoms with E-state index in [0.717, 1.165) is 24.3 Å². The largest absolute Gasteiger partial charge is 0.494 e. The molecule has 1 aliphatic rings. The van der Waals surface area contributed by atoms with Gasteiger partial charge >= 0.3 is 0 Å². The van der Waals surface area contributed by atoms with Crippen molar-refractivity contribution in [1.82, 2.24) is 0 Å². The summed E-state index contributed by atoms with van der Waals surface area (Å²) in [5.41, 5.74) is 1.96. The van der Waals surface area contributed by atoms with Gasteiger partial charge < -0.3 is 15.4 Å². The fraction of sp³-hybridized carbons (Fsp3) is 0.364. The van der Waals surface area contributed by atoms with Crippen molar-refractivity contribution in [3.05, 3.63) is 54.1 Å². The highest BCUT2D eigenvalue weighted by Gasteiger charge is 2.18. The summed E-state index contributed by atoms with van der Waals surface area (Å²) in [5.74, 6) is 1.15. The first kappa shape index (κ1) is 19.0. The van der Waals surface area contributed by atoms with Gasteiger partial charge in [0, 0.05) is 23.4 Å². The van der Waals surface area contributed by atoms with Gasteiger partial charge in [0.25, 0.3) is 5.91 Å². The molecule has 0 spiro atoms. The van der Waals surface area contributed by atoms with Crippen LogP contribution in [0.25, 0.3) is 0 Å². The Balaban J connectivity index is 1.52. The molecule has 0 unspecified atom stereocenters. The van der Waals surface area contributed by atoms with Gasteiger partial charge in [-0.25, -0.2) is 0 Å². The molecule has 1 aliphatic carbocycles. The van der Waals surface area contributed by atoms with Crippen molar-refractivity contribution in [2.24, 2.45) is 5.92 Å². The summed E-state index contributed by atoms with van der Waals surface area (Å²) in [5, 5.41) is 5.77. The van der Waals surface area contributed by atoms with E-state index >= 15 is 0 Å². The lowest BCUT2D eigenvalue weighted by atomic mass is 10.0. The standard InChI is InChI=1S/C22H26N2O3/c1-2-27-20-13-11-19(12-14-20)24-22(26)17-7-9-18(10-8-17)23-21(25)15-16-5-3-4-6-16/h7-14,16H,2-6,15H2,1H3,(H,23,25)(H,24,26). The zero-order valence-corrected chi connectivity index (χ0v) is 15.7. The number of carbonyl (C=O) groups excluding carboxylic acids is 2. The zero-order valence-electron chi connectivity index (χ0n) is 15.7. The molecule has 2 N–H and O–H groups in total. The van der Waals surface area contributed by atoms with E-state index in [0.29, 0.717) is 30.2 Å². The van der Waals surface area contributed by atoms with Crippen molar-refractivity contribution in [2.45, 2.75) is 39.0 Å². The van der Waals surface area contributed by atoms with Crippen LogP contribution in [0.4, 0.5) is 11.4 Å². The molecule has 0 bridgehead atoms. The molecule has 1 fully saturated rings. The summed E-state index contributed by atoms with van der Waals surface area (Å²) in [6.45, 7) is 2.53. The van der Waals surface area contributed by atoms with Crippen LogP contribution < -0.4 is 15.4 Å². The molecular formula is C22H26N2O3. The predicted octanol–water partition coefficient (Wildman–Crippen LogP) is 4.86. The highest BCUT2D eigenvalue weighted by atomic mass is 16.5. The first-order valence-electron chi connectivity index (χ1n) is 9.58. The average molecular weight is 366 g/mol. The third-order valence-corrected chi connectivity index (χ3v) is 4.80. The van der Waals surface area contributed by atoms with Gasteiger partial charge in [0.05, 0.1) is 6.61 Å². The Morgan fingerprint density at radius 1 is 0.926 bits per heavy atom. The molecule has 0 heterocycles. The van der Waals surface area contributed by atoms with Crippen molar-refractivity contribution in [3.63, 3.8) is 0 Å². The van der Waals surface area contributed by atoms with Crippen LogP contribution in [0, 0.1) is 5.92 Å². The zero-order chi connectivity index (χ0) is 19.1. The fourth-order valence-corrected chi connectivity index (χ4v) is 3.40. The van der Waals surface area contributed by atoms with Gasteiger partial charge in [0.1, 0.15) is 5.75 Å². The summed E-state index contributed by atoms with van der Waals surface area (Å²) >= 11 is 0. The smallest absolute Gasteiger partial charge is 0.255 e. The van der Waals surface area contributed by atoms with E-state index in [2.05, 4.69) is 10.6 Å². The van der Waals surface area contributed by atoms with Crippen molar-refractivity contribution in [1.29, 1.82) is 0 Å². The summed E-state index contributed by atoms with van der Waals surface area (Å²) in [6.07, 6.45) is 5.35. The molecule has 0 aromatic heterocycles. The first-order valence-corrected chi connectivity index (χ1v) is 9.58. The number of carbonyl (C=O) groups is 2. The first-order chi connectivity index (χ1) is 13.1. The molecule has 0 saturated heterocycles. The second kappa shape index (κ2) is 9.21. The maximum atomic E-state index is 12.4. The molecule has 5 nitrogen and oxygen atoms in total. The molecule has 2 aromatic rings. The van der Waals surface area contributed by atoms with E-state index in [1.54, 1.807) is 36.4 Å². The normalized spacial score (nSPS) is 14.0. The summed E-state index contributed by atoms with van der Waals surface area (Å²) < 4.78 is 5.39. The molecule has 2 amide bonds. The van der Waals surface area contributed by atoms with E-state index in [9.17, 15) is 9.59 Å². The minimum Gasteiger partial charge on any atom is -0.494 e. The van der Waals surface area contributed by atoms with Crippen molar-refractivity contribution in [2.75, 3.05) is 17.2 Å². The Morgan fingerprint density at radius 3 is 2.15 bits per heavy atom. The Bertz CT molecular complexity index is 763. The molecule has 0 radical (unpaired) electrons. The third-order valence-electron chi connectivity index (χ3n) is 4.80. The SMILES string of the molecule is CCOc1ccc(NC(=O)c2ccc(NC(=O)CC3CCCC3)cc2)cc1. The van der Waals surface area contributed by atoms with Gasteiger partial charge in [-0.1, -0.05) is 12.8 Å². The van der Waals surface area contributed by atoms with Gasteiger partial charge in [-0.15, -0.1) is 0 Å². The molecule has 0 aliphatic heterocycles. The van der Waals surface area contributed by atoms with Crippen LogP contribution in [0.3, 0.4) is 0 Å². The Morgan fingerprint density at radius 2 is 1.52 bits per heavy atom. The quantitative estimate of drug-likeness (QED) is 0.735. The van der Waals surface area contributed by atoms with Crippen LogP contribution in [0.15, 0.2) is 48.5 Å². The maximum Gasteiger partial charge on any atom is 0.255 e. The number of ether oxygens (including phenoxy) is 1. The molecule has 27 heavy (non-hydrogen) atoms. The Hall–Kier alpha value is -2.82. The van der Waals surface area contributed by atoms with Crippen molar-refractivity contribution >= 4 is 23.2 Å². The number of anilines is 2. The van der Waals surface area contributed by atoms with Gasteiger partial charge in [-0.05, 0) is 74.2 Å². The van der Waals surface area contributed by atoms with Gasteiger partial charge in [0.2, 0.25) is 5.91 Å². The Kier molecular flexibility index (Phi) is 6.47. The summed E-state index contributed by atoms with van der Waals surface area (Å²) in [4.78, 5) is 24.5. The second-order valence-corrected chi connectivity index (χ2v) is 6.89. The number of rotatable bonds is 7. The van der Waals surface area contributed by atoms with Crippen LogP contribution in [0.2, 0.25) is 0 Å². The molecular weight excluding hydrogens is 340 g/mol. The van der Waals surface area contributed by atoms with Crippen LogP contribution in [-0.2, 0) is 4.79 Å². The molecule has 142 valence electrons. The lowest BCUT2D eigenvalue weighted by Crippen LogP contribution is -2.15. The van der Waals surface area contributed by atoms with Crippen LogP contribution in [-0.4, -0.2) is 18.4 Å². The van der Waals surface area contributed by atoms with Gasteiger partial charge in [0.15, 0.2) is 0 Å². The Labute approximate surface area is 160 Å². The monoisotopic (exact) mass is 366 g/mol. The molecule has 5 heteroatoms.